The topological polar surface area (TPSA) is 102 Å². The van der Waals surface area contributed by atoms with E-state index in [4.69, 9.17) is 19.8 Å². The lowest BCUT2D eigenvalue weighted by atomic mass is 9.77. The number of aliphatic carboxylic acids is 2. The zero-order chi connectivity index (χ0) is 23.0. The summed E-state index contributed by atoms with van der Waals surface area (Å²) in [6.45, 7) is 10.7. The minimum Gasteiger partial charge on any atom is -0.539 e. The van der Waals surface area contributed by atoms with Gasteiger partial charge in [0, 0.05) is 18.7 Å². The molecule has 1 heterocycles. The van der Waals surface area contributed by atoms with E-state index in [1.807, 2.05) is 35.2 Å². The molecule has 7 nitrogen and oxygen atoms in total. The number of nitrogens with zero attached hydrogens (tertiary/aromatic N) is 1. The molecule has 1 aliphatic heterocycles. The van der Waals surface area contributed by atoms with E-state index in [1.54, 1.807) is 4.90 Å². The molecule has 0 bridgehead atoms. The zero-order valence-corrected chi connectivity index (χ0v) is 18.3. The molecule has 0 spiro atoms. The van der Waals surface area contributed by atoms with Gasteiger partial charge in [-0.1, -0.05) is 48.5 Å². The van der Waals surface area contributed by atoms with Gasteiger partial charge in [0.05, 0.1) is 25.0 Å². The number of carboxylic acid groups (broad SMARTS) is 2. The van der Waals surface area contributed by atoms with Crippen LogP contribution in [0.2, 0.25) is 0 Å². The Hall–Kier alpha value is -3.19. The average Bonchev–Trinajstić information content (AvgIpc) is 3.00. The monoisotopic (exact) mass is 426 g/mol. The van der Waals surface area contributed by atoms with Crippen LogP contribution in [0.25, 0.3) is 0 Å². The summed E-state index contributed by atoms with van der Waals surface area (Å²) in [4.78, 5) is 35.0. The van der Waals surface area contributed by atoms with Crippen molar-refractivity contribution in [3.8, 4) is 0 Å². The number of rotatable bonds is 7. The lowest BCUT2D eigenvalue weighted by molar-refractivity contribution is -0.896. The standard InChI is InChI=1S/C22H28N2O.C2H2O4/c1-4-23(5-2)16-11-17-24-20-15-10-9-14-19(20)22(3,21(24)25)18-12-7-6-8-13-18;3-1(4)2(5)6/h6-10,12-15H,4-5,11,16-17H2,1-3H3;(H,3,4)(H,5,6). The van der Waals surface area contributed by atoms with Crippen LogP contribution in [0.3, 0.4) is 0 Å². The Morgan fingerprint density at radius 1 is 1.03 bits per heavy atom. The molecule has 2 aromatic carbocycles. The van der Waals surface area contributed by atoms with Gasteiger partial charge in [-0.05, 0) is 38.0 Å². The molecular weight excluding hydrogens is 396 g/mol. The highest BCUT2D eigenvalue weighted by molar-refractivity contribution is 6.26. The maximum absolute atomic E-state index is 13.4. The third kappa shape index (κ3) is 5.30. The number of fused-ring (bicyclic) bond motifs is 1. The van der Waals surface area contributed by atoms with Crippen LogP contribution in [0, 0.1) is 0 Å². The maximum atomic E-state index is 13.4. The van der Waals surface area contributed by atoms with Gasteiger partial charge in [0.1, 0.15) is 0 Å². The Morgan fingerprint density at radius 2 is 1.58 bits per heavy atom. The molecule has 3 rings (SSSR count). The Balaban J connectivity index is 0.000000501. The zero-order valence-electron chi connectivity index (χ0n) is 18.3. The van der Waals surface area contributed by atoms with Crippen LogP contribution >= 0.6 is 0 Å². The maximum Gasteiger partial charge on any atom is 0.351 e. The largest absolute Gasteiger partial charge is 0.539 e. The number of quaternary nitrogens is 1. The molecule has 1 atom stereocenters. The summed E-state index contributed by atoms with van der Waals surface area (Å²) in [5.74, 6) is -3.81. The van der Waals surface area contributed by atoms with E-state index >= 15 is 0 Å². The Bertz CT molecular complexity index is 899. The van der Waals surface area contributed by atoms with Crippen molar-refractivity contribution < 1.29 is 29.5 Å². The number of carboxylic acids is 2. The van der Waals surface area contributed by atoms with E-state index in [-0.39, 0.29) is 5.91 Å². The molecular formula is C24H30N2O5. The first-order valence-electron chi connectivity index (χ1n) is 10.5. The Labute approximate surface area is 182 Å². The fourth-order valence-corrected chi connectivity index (χ4v) is 3.99. The molecule has 0 radical (unpaired) electrons. The van der Waals surface area contributed by atoms with Crippen molar-refractivity contribution >= 4 is 23.5 Å². The van der Waals surface area contributed by atoms with E-state index in [9.17, 15) is 4.79 Å². The minimum atomic E-state index is -2.07. The number of para-hydroxylation sites is 1. The Morgan fingerprint density at radius 3 is 2.13 bits per heavy atom. The van der Waals surface area contributed by atoms with Crippen molar-refractivity contribution in [1.82, 2.24) is 0 Å². The highest BCUT2D eigenvalue weighted by Crippen LogP contribution is 2.45. The van der Waals surface area contributed by atoms with E-state index in [1.165, 1.54) is 0 Å². The average molecular weight is 427 g/mol. The molecule has 1 aliphatic rings. The molecule has 166 valence electrons. The first-order valence-corrected chi connectivity index (χ1v) is 10.5. The normalized spacial score (nSPS) is 17.2. The van der Waals surface area contributed by atoms with Crippen LogP contribution in [0.1, 0.15) is 38.3 Å². The number of hydrogen-bond acceptors (Lipinski definition) is 4. The highest BCUT2D eigenvalue weighted by Gasteiger charge is 2.48. The summed E-state index contributed by atoms with van der Waals surface area (Å²) < 4.78 is 0. The summed E-state index contributed by atoms with van der Waals surface area (Å²) in [6, 6.07) is 18.4. The fraction of sp³-hybridized carbons (Fsp3) is 0.375. The molecule has 0 saturated carbocycles. The van der Waals surface area contributed by atoms with Crippen molar-refractivity contribution in [2.75, 3.05) is 31.1 Å². The van der Waals surface area contributed by atoms with E-state index < -0.39 is 17.4 Å². The van der Waals surface area contributed by atoms with Crippen molar-refractivity contribution in [1.29, 1.82) is 0 Å². The van der Waals surface area contributed by atoms with Crippen LogP contribution in [0.5, 0.6) is 0 Å². The van der Waals surface area contributed by atoms with Gasteiger partial charge in [0.2, 0.25) is 5.91 Å². The third-order valence-electron chi connectivity index (χ3n) is 5.84. The third-order valence-corrected chi connectivity index (χ3v) is 5.84. The predicted octanol–water partition coefficient (Wildman–Crippen LogP) is 0.475. The molecule has 31 heavy (non-hydrogen) atoms. The lowest BCUT2D eigenvalue weighted by Gasteiger charge is -2.25. The molecule has 0 aliphatic carbocycles. The number of amides is 1. The highest BCUT2D eigenvalue weighted by atomic mass is 16.4. The van der Waals surface area contributed by atoms with Crippen LogP contribution in [0.4, 0.5) is 5.69 Å². The quantitative estimate of drug-likeness (QED) is 0.627. The Kier molecular flexibility index (Phi) is 8.33. The summed E-state index contributed by atoms with van der Waals surface area (Å²) in [6.07, 6.45) is 1.03. The van der Waals surface area contributed by atoms with Crippen LogP contribution < -0.4 is 14.9 Å². The molecule has 0 fully saturated rings. The van der Waals surface area contributed by atoms with Gasteiger partial charge < -0.3 is 24.8 Å². The second-order valence-corrected chi connectivity index (χ2v) is 7.62. The number of anilines is 1. The van der Waals surface area contributed by atoms with Gasteiger partial charge in [0.25, 0.3) is 0 Å². The molecule has 2 N–H and O–H groups in total. The summed E-state index contributed by atoms with van der Waals surface area (Å²) in [7, 11) is 0. The number of hydrogen-bond donors (Lipinski definition) is 2. The second kappa shape index (κ2) is 10.7. The van der Waals surface area contributed by atoms with E-state index in [0.29, 0.717) is 0 Å². The number of carbonyl (C=O) groups is 3. The summed E-state index contributed by atoms with van der Waals surface area (Å²) >= 11 is 0. The molecule has 0 saturated heterocycles. The summed E-state index contributed by atoms with van der Waals surface area (Å²) in [5, 5.41) is 16.3. The van der Waals surface area contributed by atoms with Crippen molar-refractivity contribution in [2.24, 2.45) is 0 Å². The molecule has 2 aromatic rings. The number of benzene rings is 2. The van der Waals surface area contributed by atoms with Crippen molar-refractivity contribution in [2.45, 2.75) is 32.6 Å². The van der Waals surface area contributed by atoms with Crippen molar-refractivity contribution in [3.05, 3.63) is 65.7 Å². The fourth-order valence-electron chi connectivity index (χ4n) is 3.99. The van der Waals surface area contributed by atoms with Gasteiger partial charge >= 0.3 is 5.97 Å². The predicted molar refractivity (Wildman–Crippen MR) is 116 cm³/mol. The molecule has 7 heteroatoms. The SMILES string of the molecule is CC[NH+](CC)CCCN1C(=O)C(C)(c2ccccc2)c2ccccc21.O=C([O-])C(=O)O. The molecule has 1 amide bonds. The first kappa shape index (κ1) is 24.1. The van der Waals surface area contributed by atoms with Crippen LogP contribution in [-0.4, -0.2) is 49.1 Å². The van der Waals surface area contributed by atoms with E-state index in [0.717, 1.165) is 49.4 Å². The lowest BCUT2D eigenvalue weighted by Crippen LogP contribution is -3.11. The molecule has 1 unspecified atom stereocenters. The second-order valence-electron chi connectivity index (χ2n) is 7.62. The molecule has 0 aromatic heterocycles. The van der Waals surface area contributed by atoms with Gasteiger partial charge in [-0.25, -0.2) is 4.79 Å². The minimum absolute atomic E-state index is 0.203. The first-order chi connectivity index (χ1) is 14.8. The van der Waals surface area contributed by atoms with Gasteiger partial charge in [0.15, 0.2) is 5.97 Å². The van der Waals surface area contributed by atoms with Crippen LogP contribution in [-0.2, 0) is 19.8 Å². The number of nitrogens with one attached hydrogen (secondary N) is 1. The smallest absolute Gasteiger partial charge is 0.351 e. The van der Waals surface area contributed by atoms with Gasteiger partial charge in [-0.2, -0.15) is 0 Å². The van der Waals surface area contributed by atoms with E-state index in [2.05, 4.69) is 45.0 Å². The van der Waals surface area contributed by atoms with Crippen molar-refractivity contribution in [3.63, 3.8) is 0 Å². The van der Waals surface area contributed by atoms with Crippen LogP contribution in [0.15, 0.2) is 54.6 Å². The number of carbonyl (C=O) groups excluding carboxylic acids is 2. The summed E-state index contributed by atoms with van der Waals surface area (Å²) in [5.41, 5.74) is 2.69. The van der Waals surface area contributed by atoms with Gasteiger partial charge in [-0.15, -0.1) is 0 Å². The van der Waals surface area contributed by atoms with Gasteiger partial charge in [-0.3, -0.25) is 4.79 Å².